The summed E-state index contributed by atoms with van der Waals surface area (Å²) in [6.07, 6.45) is 1.98. The maximum absolute atomic E-state index is 13.2. The molecule has 0 spiro atoms. The average molecular weight is 260 g/mol. The molecule has 0 aliphatic rings. The molecular weight excluding hydrogens is 243 g/mol. The topological polar surface area (TPSA) is 42.0 Å². The molecule has 100 valence electrons. The first kappa shape index (κ1) is 13.5. The maximum atomic E-state index is 13.2. The van der Waals surface area contributed by atoms with Gasteiger partial charge in [0.1, 0.15) is 5.82 Å². The molecule has 0 unspecified atom stereocenters. The van der Waals surface area contributed by atoms with Crippen LogP contribution in [-0.2, 0) is 0 Å². The molecule has 2 rings (SSSR count). The number of amides is 1. The summed E-state index contributed by atoms with van der Waals surface area (Å²) >= 11 is 0. The second-order valence-corrected chi connectivity index (χ2v) is 4.58. The van der Waals surface area contributed by atoms with Gasteiger partial charge in [-0.1, -0.05) is 13.3 Å². The van der Waals surface area contributed by atoms with Crippen molar-refractivity contribution < 1.29 is 9.18 Å². The van der Waals surface area contributed by atoms with Gasteiger partial charge in [-0.3, -0.25) is 9.78 Å². The first-order chi connectivity index (χ1) is 9.11. The summed E-state index contributed by atoms with van der Waals surface area (Å²) in [5.74, 6) is -0.474. The van der Waals surface area contributed by atoms with Crippen LogP contribution in [0.15, 0.2) is 24.3 Å². The number of pyridine rings is 1. The quantitative estimate of drug-likeness (QED) is 0.858. The van der Waals surface area contributed by atoms with Crippen molar-refractivity contribution >= 4 is 16.8 Å². The van der Waals surface area contributed by atoms with Crippen LogP contribution in [0.25, 0.3) is 10.9 Å². The Kier molecular flexibility index (Phi) is 4.10. The largest absolute Gasteiger partial charge is 0.352 e. The molecule has 0 fully saturated rings. The third-order valence-electron chi connectivity index (χ3n) is 2.96. The molecule has 1 aromatic heterocycles. The molecule has 0 saturated carbocycles. The van der Waals surface area contributed by atoms with E-state index in [1.165, 1.54) is 12.1 Å². The van der Waals surface area contributed by atoms with E-state index in [0.717, 1.165) is 12.8 Å². The monoisotopic (exact) mass is 260 g/mol. The summed E-state index contributed by atoms with van der Waals surface area (Å²) in [6.45, 7) is 4.52. The molecule has 1 aromatic carbocycles. The summed E-state index contributed by atoms with van der Waals surface area (Å²) in [4.78, 5) is 16.4. The minimum Gasteiger partial charge on any atom is -0.352 e. The van der Waals surface area contributed by atoms with Gasteiger partial charge in [0.25, 0.3) is 5.91 Å². The first-order valence-corrected chi connectivity index (χ1v) is 6.47. The Morgan fingerprint density at radius 1 is 1.37 bits per heavy atom. The van der Waals surface area contributed by atoms with Gasteiger partial charge in [0.05, 0.1) is 11.1 Å². The highest BCUT2D eigenvalue weighted by molar-refractivity contribution is 6.06. The van der Waals surface area contributed by atoms with Gasteiger partial charge in [-0.2, -0.15) is 0 Å². The van der Waals surface area contributed by atoms with Crippen LogP contribution in [0.1, 0.15) is 35.8 Å². The van der Waals surface area contributed by atoms with Gasteiger partial charge >= 0.3 is 0 Å². The zero-order valence-corrected chi connectivity index (χ0v) is 11.2. The lowest BCUT2D eigenvalue weighted by atomic mass is 10.1. The van der Waals surface area contributed by atoms with E-state index in [1.807, 2.05) is 0 Å². The van der Waals surface area contributed by atoms with Gasteiger partial charge in [0.15, 0.2) is 0 Å². The SMILES string of the molecule is CCCCNC(=O)c1cc(C)nc2cc(F)ccc12. The fraction of sp³-hybridized carbons (Fsp3) is 0.333. The molecule has 3 nitrogen and oxygen atoms in total. The van der Waals surface area contributed by atoms with Crippen LogP contribution < -0.4 is 5.32 Å². The molecular formula is C15H17FN2O. The second kappa shape index (κ2) is 5.78. The molecule has 4 heteroatoms. The Balaban J connectivity index is 2.39. The van der Waals surface area contributed by atoms with Crippen LogP contribution >= 0.6 is 0 Å². The van der Waals surface area contributed by atoms with Crippen LogP contribution in [0.5, 0.6) is 0 Å². The van der Waals surface area contributed by atoms with Crippen molar-refractivity contribution in [2.24, 2.45) is 0 Å². The highest BCUT2D eigenvalue weighted by Gasteiger charge is 2.11. The molecule has 0 bridgehead atoms. The van der Waals surface area contributed by atoms with E-state index in [4.69, 9.17) is 0 Å². The van der Waals surface area contributed by atoms with Crippen LogP contribution in [0.3, 0.4) is 0 Å². The maximum Gasteiger partial charge on any atom is 0.252 e. The van der Waals surface area contributed by atoms with Crippen molar-refractivity contribution in [3.8, 4) is 0 Å². The first-order valence-electron chi connectivity index (χ1n) is 6.47. The predicted molar refractivity (Wildman–Crippen MR) is 73.7 cm³/mol. The number of rotatable bonds is 4. The fourth-order valence-electron chi connectivity index (χ4n) is 2.00. The standard InChI is InChI=1S/C15H17FN2O/c1-3-4-7-17-15(19)13-8-10(2)18-14-9-11(16)5-6-12(13)14/h5-6,8-9H,3-4,7H2,1-2H3,(H,17,19). The van der Waals surface area contributed by atoms with Gasteiger partial charge in [-0.05, 0) is 31.5 Å². The molecule has 1 N–H and O–H groups in total. The van der Waals surface area contributed by atoms with Gasteiger partial charge in [0, 0.05) is 23.7 Å². The van der Waals surface area contributed by atoms with E-state index in [-0.39, 0.29) is 11.7 Å². The molecule has 0 aliphatic carbocycles. The lowest BCUT2D eigenvalue weighted by Gasteiger charge is -2.08. The Bertz CT molecular complexity index is 605. The zero-order chi connectivity index (χ0) is 13.8. The number of benzene rings is 1. The van der Waals surface area contributed by atoms with Crippen LogP contribution in [0.4, 0.5) is 4.39 Å². The molecule has 0 aliphatic heterocycles. The van der Waals surface area contributed by atoms with Crippen molar-refractivity contribution in [3.63, 3.8) is 0 Å². The third kappa shape index (κ3) is 3.08. The number of nitrogens with one attached hydrogen (secondary N) is 1. The number of nitrogens with zero attached hydrogens (tertiary/aromatic N) is 1. The van der Waals surface area contributed by atoms with Crippen molar-refractivity contribution in [1.82, 2.24) is 10.3 Å². The Morgan fingerprint density at radius 3 is 2.89 bits per heavy atom. The molecule has 0 saturated heterocycles. The fourth-order valence-corrected chi connectivity index (χ4v) is 2.00. The number of hydrogen-bond acceptors (Lipinski definition) is 2. The summed E-state index contributed by atoms with van der Waals surface area (Å²) < 4.78 is 13.2. The Morgan fingerprint density at radius 2 is 2.16 bits per heavy atom. The van der Waals surface area contributed by atoms with Gasteiger partial charge in [0.2, 0.25) is 0 Å². The van der Waals surface area contributed by atoms with E-state index in [9.17, 15) is 9.18 Å². The highest BCUT2D eigenvalue weighted by atomic mass is 19.1. The number of hydrogen-bond donors (Lipinski definition) is 1. The number of halogens is 1. The van der Waals surface area contributed by atoms with Gasteiger partial charge in [-0.25, -0.2) is 4.39 Å². The average Bonchev–Trinajstić information content (AvgIpc) is 2.37. The molecule has 1 heterocycles. The summed E-state index contributed by atoms with van der Waals surface area (Å²) in [7, 11) is 0. The summed E-state index contributed by atoms with van der Waals surface area (Å²) in [6, 6.07) is 6.04. The lowest BCUT2D eigenvalue weighted by molar-refractivity contribution is 0.0954. The van der Waals surface area contributed by atoms with Crippen LogP contribution in [0.2, 0.25) is 0 Å². The minimum atomic E-state index is -0.344. The normalized spacial score (nSPS) is 10.7. The molecule has 19 heavy (non-hydrogen) atoms. The Labute approximate surface area is 111 Å². The molecule has 0 radical (unpaired) electrons. The van der Waals surface area contributed by atoms with E-state index in [2.05, 4.69) is 17.2 Å². The molecule has 2 aromatic rings. The number of unbranched alkanes of at least 4 members (excludes halogenated alkanes) is 1. The van der Waals surface area contributed by atoms with Crippen molar-refractivity contribution in [3.05, 3.63) is 41.3 Å². The van der Waals surface area contributed by atoms with Crippen molar-refractivity contribution in [2.75, 3.05) is 6.54 Å². The summed E-state index contributed by atoms with van der Waals surface area (Å²) in [5, 5.41) is 3.55. The predicted octanol–water partition coefficient (Wildman–Crippen LogP) is 3.21. The Hall–Kier alpha value is -1.97. The molecule has 0 atom stereocenters. The number of aromatic nitrogens is 1. The van der Waals surface area contributed by atoms with Gasteiger partial charge < -0.3 is 5.32 Å². The third-order valence-corrected chi connectivity index (χ3v) is 2.96. The van der Waals surface area contributed by atoms with Crippen LogP contribution in [0, 0.1) is 12.7 Å². The highest BCUT2D eigenvalue weighted by Crippen LogP contribution is 2.19. The van der Waals surface area contributed by atoms with E-state index in [0.29, 0.717) is 28.7 Å². The van der Waals surface area contributed by atoms with E-state index in [1.54, 1.807) is 19.1 Å². The van der Waals surface area contributed by atoms with Crippen molar-refractivity contribution in [1.29, 1.82) is 0 Å². The van der Waals surface area contributed by atoms with E-state index < -0.39 is 0 Å². The second-order valence-electron chi connectivity index (χ2n) is 4.58. The lowest BCUT2D eigenvalue weighted by Crippen LogP contribution is -2.24. The number of aryl methyl sites for hydroxylation is 1. The smallest absolute Gasteiger partial charge is 0.252 e. The molecule has 1 amide bonds. The zero-order valence-electron chi connectivity index (χ0n) is 11.2. The summed E-state index contributed by atoms with van der Waals surface area (Å²) in [5.41, 5.74) is 1.78. The number of carbonyl (C=O) groups is 1. The number of fused-ring (bicyclic) bond motifs is 1. The number of carbonyl (C=O) groups excluding carboxylic acids is 1. The van der Waals surface area contributed by atoms with Gasteiger partial charge in [-0.15, -0.1) is 0 Å². The minimum absolute atomic E-state index is 0.129. The van der Waals surface area contributed by atoms with Crippen molar-refractivity contribution in [2.45, 2.75) is 26.7 Å². The van der Waals surface area contributed by atoms with Crippen LogP contribution in [-0.4, -0.2) is 17.4 Å². The van der Waals surface area contributed by atoms with E-state index >= 15 is 0 Å².